The van der Waals surface area contributed by atoms with Crippen molar-refractivity contribution in [3.05, 3.63) is 71.3 Å². The molecule has 15 heteroatoms. The molecule has 0 spiro atoms. The van der Waals surface area contributed by atoms with Gasteiger partial charge in [-0.1, -0.05) is 42.5 Å². The first-order chi connectivity index (χ1) is 22.8. The molecule has 48 heavy (non-hydrogen) atoms. The zero-order valence-corrected chi connectivity index (χ0v) is 27.5. The lowest BCUT2D eigenvalue weighted by molar-refractivity contribution is -0.344. The summed E-state index contributed by atoms with van der Waals surface area (Å²) < 4.78 is 28.2. The van der Waals surface area contributed by atoms with E-state index < -0.39 is 54.5 Å². The number of hydrogen-bond acceptors (Lipinski definition) is 13. The summed E-state index contributed by atoms with van der Waals surface area (Å²) in [6.45, 7) is 6.25. The van der Waals surface area contributed by atoms with Crippen LogP contribution in [-0.2, 0) is 65.6 Å². The Morgan fingerprint density at radius 3 is 1.85 bits per heavy atom. The van der Waals surface area contributed by atoms with Crippen LogP contribution in [0.1, 0.15) is 56.1 Å². The summed E-state index contributed by atoms with van der Waals surface area (Å²) >= 11 is 0. The minimum atomic E-state index is -1.38. The van der Waals surface area contributed by atoms with Gasteiger partial charge in [-0.05, 0) is 23.3 Å². The third-order valence-electron chi connectivity index (χ3n) is 6.83. The summed E-state index contributed by atoms with van der Waals surface area (Å²) in [5.41, 5.74) is 1.83. The molecule has 1 aliphatic rings. The number of hydroxylamine groups is 2. The molecular formula is C33H41N3O12. The highest BCUT2D eigenvalue weighted by molar-refractivity contribution is 5.94. The van der Waals surface area contributed by atoms with E-state index in [1.807, 2.05) is 30.3 Å². The van der Waals surface area contributed by atoms with Gasteiger partial charge >= 0.3 is 23.9 Å². The fraction of sp³-hybridized carbons (Fsp3) is 0.455. The first-order valence-electron chi connectivity index (χ1n) is 15.2. The van der Waals surface area contributed by atoms with Crippen LogP contribution in [0.15, 0.2) is 54.6 Å². The fourth-order valence-electron chi connectivity index (χ4n) is 4.84. The summed E-state index contributed by atoms with van der Waals surface area (Å²) in [5.74, 6) is -3.39. The highest BCUT2D eigenvalue weighted by atomic mass is 16.7. The molecule has 0 aromatic heterocycles. The summed E-state index contributed by atoms with van der Waals surface area (Å²) in [6, 6.07) is 15.8. The van der Waals surface area contributed by atoms with Crippen LogP contribution in [0.5, 0.6) is 0 Å². The van der Waals surface area contributed by atoms with E-state index in [0.29, 0.717) is 17.7 Å². The number of esters is 4. The van der Waals surface area contributed by atoms with Crippen molar-refractivity contribution < 1.29 is 57.3 Å². The third kappa shape index (κ3) is 12.1. The van der Waals surface area contributed by atoms with Gasteiger partial charge in [0.25, 0.3) is 5.91 Å². The van der Waals surface area contributed by atoms with Crippen molar-refractivity contribution >= 4 is 35.7 Å². The molecule has 0 aliphatic carbocycles. The minimum absolute atomic E-state index is 0.0376. The fourth-order valence-corrected chi connectivity index (χ4v) is 4.84. The first kappa shape index (κ1) is 37.6. The van der Waals surface area contributed by atoms with Gasteiger partial charge in [0.15, 0.2) is 24.5 Å². The number of amides is 2. The summed E-state index contributed by atoms with van der Waals surface area (Å²) in [4.78, 5) is 78.3. The second-order valence-corrected chi connectivity index (χ2v) is 10.9. The Balaban J connectivity index is 1.93. The monoisotopic (exact) mass is 671 g/mol. The van der Waals surface area contributed by atoms with Gasteiger partial charge in [-0.15, -0.1) is 0 Å². The zero-order valence-electron chi connectivity index (χ0n) is 27.5. The Hall–Kier alpha value is -4.86. The Labute approximate surface area is 278 Å². The Morgan fingerprint density at radius 2 is 1.27 bits per heavy atom. The van der Waals surface area contributed by atoms with E-state index in [1.54, 1.807) is 24.3 Å². The van der Waals surface area contributed by atoms with E-state index in [0.717, 1.165) is 26.3 Å². The molecule has 5 atom stereocenters. The summed E-state index contributed by atoms with van der Waals surface area (Å²) in [5, 5.41) is 6.72. The van der Waals surface area contributed by atoms with E-state index in [-0.39, 0.29) is 38.1 Å². The van der Waals surface area contributed by atoms with Crippen molar-refractivity contribution in [2.75, 3.05) is 19.7 Å². The van der Waals surface area contributed by atoms with Crippen LogP contribution in [0.25, 0.3) is 0 Å². The molecule has 2 aromatic rings. The van der Waals surface area contributed by atoms with Crippen molar-refractivity contribution in [1.29, 1.82) is 0 Å². The molecule has 0 unspecified atom stereocenters. The normalized spacial score (nSPS) is 20.2. The van der Waals surface area contributed by atoms with Crippen LogP contribution in [-0.4, -0.2) is 91.1 Å². The molecule has 2 aromatic carbocycles. The summed E-state index contributed by atoms with van der Waals surface area (Å²) in [7, 11) is 0. The van der Waals surface area contributed by atoms with Crippen molar-refractivity contribution in [1.82, 2.24) is 15.7 Å². The van der Waals surface area contributed by atoms with E-state index >= 15 is 0 Å². The Kier molecular flexibility index (Phi) is 14.5. The number of rotatable bonds is 15. The van der Waals surface area contributed by atoms with Crippen LogP contribution in [0.4, 0.5) is 0 Å². The zero-order chi connectivity index (χ0) is 35.2. The van der Waals surface area contributed by atoms with Gasteiger partial charge in [-0.3, -0.25) is 33.6 Å². The quantitative estimate of drug-likeness (QED) is 0.120. The third-order valence-corrected chi connectivity index (χ3v) is 6.83. The molecule has 0 bridgehead atoms. The number of nitrogens with one attached hydrogen (secondary N) is 2. The molecule has 0 saturated carbocycles. The predicted octanol–water partition coefficient (Wildman–Crippen LogP) is 1.57. The van der Waals surface area contributed by atoms with Gasteiger partial charge in [-0.25, -0.2) is 0 Å². The lowest BCUT2D eigenvalue weighted by Crippen LogP contribution is -2.66. The van der Waals surface area contributed by atoms with Crippen molar-refractivity contribution in [2.45, 2.75) is 78.4 Å². The molecule has 260 valence electrons. The molecule has 2 N–H and O–H groups in total. The van der Waals surface area contributed by atoms with Crippen molar-refractivity contribution in [3.63, 3.8) is 0 Å². The second kappa shape index (κ2) is 18.5. The molecule has 2 amide bonds. The van der Waals surface area contributed by atoms with Crippen LogP contribution in [0, 0.1) is 0 Å². The van der Waals surface area contributed by atoms with Crippen LogP contribution < -0.4 is 10.6 Å². The molecule has 1 aliphatic heterocycles. The average Bonchev–Trinajstić information content (AvgIpc) is 3.02. The number of ether oxygens (including phenoxy) is 5. The SMILES string of the molecule is CC(=O)NCCNC(=O)c1ccc(CON(Cc2ccccc2)[C@@H]2O[C@H](COC(C)=O)[C@@H](OC(C)=O)[C@H](OC(C)=O)[C@H]2OC(C)=O)cc1. The standard InChI is InChI=1S/C33H41N3O12/c1-20(37)34-15-16-35-32(42)27-13-11-26(12-14-27)18-44-36(17-25-9-7-6-8-10-25)33-31(47-24(5)41)30(46-23(4)40)29(45-22(3)39)28(48-33)19-43-21(2)38/h6-14,28-31,33H,15-19H2,1-5H3,(H,34,37)(H,35,42)/t28-,29-,30+,31-,33-/m1/s1. The maximum Gasteiger partial charge on any atom is 0.303 e. The number of nitrogens with zero attached hydrogens (tertiary/aromatic N) is 1. The number of hydrogen-bond donors (Lipinski definition) is 2. The van der Waals surface area contributed by atoms with E-state index in [2.05, 4.69) is 10.6 Å². The average molecular weight is 672 g/mol. The van der Waals surface area contributed by atoms with Gasteiger partial charge in [0, 0.05) is 53.3 Å². The maximum absolute atomic E-state index is 12.5. The maximum atomic E-state index is 12.5. The highest BCUT2D eigenvalue weighted by Gasteiger charge is 2.54. The molecule has 0 radical (unpaired) electrons. The van der Waals surface area contributed by atoms with E-state index in [4.69, 9.17) is 28.5 Å². The lowest BCUT2D eigenvalue weighted by atomic mass is 9.96. The molecule has 1 fully saturated rings. The number of benzene rings is 2. The molecule has 3 rings (SSSR count). The smallest absolute Gasteiger partial charge is 0.303 e. The largest absolute Gasteiger partial charge is 0.463 e. The van der Waals surface area contributed by atoms with Crippen LogP contribution in [0.2, 0.25) is 0 Å². The van der Waals surface area contributed by atoms with Gasteiger partial charge in [0.1, 0.15) is 12.7 Å². The summed E-state index contributed by atoms with van der Waals surface area (Å²) in [6.07, 6.45) is -6.48. The molecule has 1 heterocycles. The lowest BCUT2D eigenvalue weighted by Gasteiger charge is -2.47. The van der Waals surface area contributed by atoms with Crippen LogP contribution >= 0.6 is 0 Å². The first-order valence-corrected chi connectivity index (χ1v) is 15.2. The highest BCUT2D eigenvalue weighted by Crippen LogP contribution is 2.32. The second-order valence-electron chi connectivity index (χ2n) is 10.9. The van der Waals surface area contributed by atoms with Crippen molar-refractivity contribution in [3.8, 4) is 0 Å². The number of carbonyl (C=O) groups is 6. The molecule has 1 saturated heterocycles. The van der Waals surface area contributed by atoms with Crippen molar-refractivity contribution in [2.24, 2.45) is 0 Å². The van der Waals surface area contributed by atoms with E-state index in [1.165, 1.54) is 18.9 Å². The predicted molar refractivity (Wildman–Crippen MR) is 166 cm³/mol. The van der Waals surface area contributed by atoms with E-state index in [9.17, 15) is 28.8 Å². The van der Waals surface area contributed by atoms with Gasteiger partial charge < -0.3 is 34.3 Å². The molecular weight excluding hydrogens is 630 g/mol. The van der Waals surface area contributed by atoms with Gasteiger partial charge in [-0.2, -0.15) is 5.06 Å². The minimum Gasteiger partial charge on any atom is -0.463 e. The Bertz CT molecular complexity index is 1420. The van der Waals surface area contributed by atoms with Crippen LogP contribution in [0.3, 0.4) is 0 Å². The van der Waals surface area contributed by atoms with Gasteiger partial charge in [0.2, 0.25) is 5.91 Å². The topological polar surface area (TPSA) is 185 Å². The van der Waals surface area contributed by atoms with Gasteiger partial charge in [0.05, 0.1) is 13.2 Å². The number of carbonyl (C=O) groups excluding carboxylic acids is 6. The Morgan fingerprint density at radius 1 is 0.688 bits per heavy atom. The molecule has 15 nitrogen and oxygen atoms in total.